The van der Waals surface area contributed by atoms with E-state index < -0.39 is 16.9 Å². The average molecular weight is 344 g/mol. The quantitative estimate of drug-likeness (QED) is 0.470. The van der Waals surface area contributed by atoms with Crippen LogP contribution in [-0.2, 0) is 19.1 Å². The van der Waals surface area contributed by atoms with Gasteiger partial charge >= 0.3 is 11.9 Å². The summed E-state index contributed by atoms with van der Waals surface area (Å²) in [5, 5.41) is 11.1. The Hall–Kier alpha value is -3.42. The first kappa shape index (κ1) is 17.9. The summed E-state index contributed by atoms with van der Waals surface area (Å²) >= 11 is 0. The second-order valence-electron chi connectivity index (χ2n) is 5.04. The molecule has 2 rings (SSSR count). The molecule has 8 nitrogen and oxygen atoms in total. The highest BCUT2D eigenvalue weighted by Crippen LogP contribution is 2.31. The fourth-order valence-electron chi connectivity index (χ4n) is 2.32. The lowest BCUT2D eigenvalue weighted by molar-refractivity contribution is -0.384. The van der Waals surface area contributed by atoms with Crippen molar-refractivity contribution in [3.8, 4) is 0 Å². The molecular formula is C17H16N2O6. The third-order valence-corrected chi connectivity index (χ3v) is 3.55. The van der Waals surface area contributed by atoms with Gasteiger partial charge in [0.25, 0.3) is 5.69 Å². The largest absolute Gasteiger partial charge is 0.465 e. The molecule has 1 aliphatic heterocycles. The van der Waals surface area contributed by atoms with Crippen molar-refractivity contribution in [2.45, 2.75) is 6.92 Å². The van der Waals surface area contributed by atoms with E-state index in [1.165, 1.54) is 43.5 Å². The minimum atomic E-state index is -0.775. The number of esters is 2. The van der Waals surface area contributed by atoms with Gasteiger partial charge < -0.3 is 14.4 Å². The molecular weight excluding hydrogens is 328 g/mol. The third kappa shape index (κ3) is 3.57. The predicted molar refractivity (Wildman–Crippen MR) is 89.7 cm³/mol. The molecule has 0 atom stereocenters. The summed E-state index contributed by atoms with van der Waals surface area (Å²) in [5.74, 6) is -1.50. The summed E-state index contributed by atoms with van der Waals surface area (Å²) in [4.78, 5) is 36.3. The molecule has 0 fully saturated rings. The van der Waals surface area contributed by atoms with E-state index in [1.54, 1.807) is 25.1 Å². The van der Waals surface area contributed by atoms with E-state index in [1.807, 2.05) is 0 Å². The number of ether oxygens (including phenoxy) is 2. The number of benzene rings is 1. The topological polar surface area (TPSA) is 99.0 Å². The Kier molecular flexibility index (Phi) is 5.33. The van der Waals surface area contributed by atoms with E-state index in [0.717, 1.165) is 0 Å². The minimum absolute atomic E-state index is 0.0229. The van der Waals surface area contributed by atoms with Crippen molar-refractivity contribution >= 4 is 23.3 Å². The van der Waals surface area contributed by atoms with Crippen LogP contribution in [0.1, 0.15) is 5.56 Å². The van der Waals surface area contributed by atoms with E-state index >= 15 is 0 Å². The molecule has 1 aromatic carbocycles. The van der Waals surface area contributed by atoms with Gasteiger partial charge in [0, 0.05) is 18.3 Å². The molecule has 0 saturated carbocycles. The number of methoxy groups -OCH3 is 2. The molecule has 0 N–H and O–H groups in total. The van der Waals surface area contributed by atoms with E-state index in [4.69, 9.17) is 9.47 Å². The van der Waals surface area contributed by atoms with Crippen molar-refractivity contribution in [3.63, 3.8) is 0 Å². The number of hydrogen-bond acceptors (Lipinski definition) is 7. The molecule has 8 heteroatoms. The number of rotatable bonds is 4. The lowest BCUT2D eigenvalue weighted by Crippen LogP contribution is -2.27. The zero-order valence-corrected chi connectivity index (χ0v) is 13.9. The van der Waals surface area contributed by atoms with E-state index in [9.17, 15) is 19.7 Å². The van der Waals surface area contributed by atoms with Crippen LogP contribution >= 0.6 is 0 Å². The Morgan fingerprint density at radius 1 is 1.12 bits per heavy atom. The molecule has 0 saturated heterocycles. The molecule has 0 amide bonds. The third-order valence-electron chi connectivity index (χ3n) is 3.55. The Balaban J connectivity index is 2.73. The zero-order valence-electron chi connectivity index (χ0n) is 13.9. The molecule has 1 aromatic rings. The van der Waals surface area contributed by atoms with Crippen molar-refractivity contribution < 1.29 is 24.0 Å². The second-order valence-corrected chi connectivity index (χ2v) is 5.04. The summed E-state index contributed by atoms with van der Waals surface area (Å²) in [7, 11) is 2.38. The van der Waals surface area contributed by atoms with E-state index in [2.05, 4.69) is 0 Å². The van der Waals surface area contributed by atoms with Crippen molar-refractivity contribution in [1.82, 2.24) is 0 Å². The van der Waals surface area contributed by atoms with Crippen molar-refractivity contribution in [3.05, 3.63) is 69.6 Å². The number of nitrogens with zero attached hydrogens (tertiary/aromatic N) is 2. The van der Waals surface area contributed by atoms with Crippen LogP contribution in [0.4, 0.5) is 11.4 Å². The summed E-state index contributed by atoms with van der Waals surface area (Å²) in [6.07, 6.45) is 6.09. The van der Waals surface area contributed by atoms with Crippen LogP contribution in [0, 0.1) is 17.0 Å². The van der Waals surface area contributed by atoms with Gasteiger partial charge in [-0.15, -0.1) is 0 Å². The highest BCUT2D eigenvalue weighted by molar-refractivity contribution is 6.05. The molecule has 0 aliphatic carbocycles. The number of anilines is 1. The maximum absolute atomic E-state index is 12.3. The first-order chi connectivity index (χ1) is 11.9. The normalized spacial score (nSPS) is 13.5. The van der Waals surface area contributed by atoms with Crippen molar-refractivity contribution in [2.75, 3.05) is 19.1 Å². The lowest BCUT2D eigenvalue weighted by atomic mass is 10.1. The van der Waals surface area contributed by atoms with Crippen molar-refractivity contribution in [2.24, 2.45) is 0 Å². The van der Waals surface area contributed by atoms with Gasteiger partial charge in [-0.25, -0.2) is 9.59 Å². The number of carbonyl (C=O) groups excluding carboxylic acids is 2. The van der Waals surface area contributed by atoms with Crippen LogP contribution in [0.2, 0.25) is 0 Å². The second kappa shape index (κ2) is 7.43. The molecule has 0 unspecified atom stereocenters. The maximum atomic E-state index is 12.3. The van der Waals surface area contributed by atoms with Crippen LogP contribution in [0.3, 0.4) is 0 Å². The van der Waals surface area contributed by atoms with Crippen LogP contribution in [0.5, 0.6) is 0 Å². The molecule has 0 spiro atoms. The number of non-ortho nitro benzene ring substituents is 1. The van der Waals surface area contributed by atoms with Gasteiger partial charge in [0.05, 0.1) is 30.4 Å². The summed E-state index contributed by atoms with van der Waals surface area (Å²) < 4.78 is 9.52. The minimum Gasteiger partial charge on any atom is -0.465 e. The SMILES string of the molecule is COC(=O)C1=C(C(=O)OC)N(c2cc([N+](=O)[O-])ccc2C)C=CC=C1. The summed E-state index contributed by atoms with van der Waals surface area (Å²) in [6, 6.07) is 4.25. The number of carbonyl (C=O) groups is 2. The molecule has 130 valence electrons. The van der Waals surface area contributed by atoms with Crippen molar-refractivity contribution in [1.29, 1.82) is 0 Å². The molecule has 0 radical (unpaired) electrons. The van der Waals surface area contributed by atoms with Crippen LogP contribution in [0.15, 0.2) is 53.9 Å². The van der Waals surface area contributed by atoms with Gasteiger partial charge in [0.2, 0.25) is 0 Å². The van der Waals surface area contributed by atoms with E-state index in [-0.39, 0.29) is 17.0 Å². The van der Waals surface area contributed by atoms with Gasteiger partial charge in [-0.1, -0.05) is 12.1 Å². The smallest absolute Gasteiger partial charge is 0.355 e. The zero-order chi connectivity index (χ0) is 18.6. The molecule has 1 heterocycles. The molecule has 1 aliphatic rings. The fraction of sp³-hybridized carbons (Fsp3) is 0.176. The summed E-state index contributed by atoms with van der Waals surface area (Å²) in [5.41, 5.74) is 0.780. The van der Waals surface area contributed by atoms with Gasteiger partial charge in [0.1, 0.15) is 5.70 Å². The number of allylic oxidation sites excluding steroid dienone is 2. The standard InChI is InChI=1S/C17H16N2O6/c1-11-7-8-12(19(22)23)10-14(11)18-9-5-4-6-13(16(20)24-2)15(18)17(21)25-3/h4-10H,1-3H3. The number of nitro benzene ring substituents is 1. The first-order valence-electron chi connectivity index (χ1n) is 7.20. The Morgan fingerprint density at radius 2 is 1.80 bits per heavy atom. The lowest BCUT2D eigenvalue weighted by Gasteiger charge is -2.24. The Morgan fingerprint density at radius 3 is 2.40 bits per heavy atom. The molecule has 0 aromatic heterocycles. The molecule has 25 heavy (non-hydrogen) atoms. The highest BCUT2D eigenvalue weighted by Gasteiger charge is 2.28. The molecule has 0 bridgehead atoms. The predicted octanol–water partition coefficient (Wildman–Crippen LogP) is 2.39. The summed E-state index contributed by atoms with van der Waals surface area (Å²) in [6.45, 7) is 1.73. The monoisotopic (exact) mass is 344 g/mol. The first-order valence-corrected chi connectivity index (χ1v) is 7.20. The van der Waals surface area contributed by atoms with E-state index in [0.29, 0.717) is 11.3 Å². The van der Waals surface area contributed by atoms with Gasteiger partial charge in [0.15, 0.2) is 0 Å². The van der Waals surface area contributed by atoms with Crippen LogP contribution < -0.4 is 4.90 Å². The maximum Gasteiger partial charge on any atom is 0.355 e. The van der Waals surface area contributed by atoms with Gasteiger partial charge in [-0.2, -0.15) is 0 Å². The fourth-order valence-corrected chi connectivity index (χ4v) is 2.32. The number of nitro groups is 1. The number of aryl methyl sites for hydroxylation is 1. The van der Waals surface area contributed by atoms with Crippen LogP contribution in [-0.4, -0.2) is 31.1 Å². The highest BCUT2D eigenvalue weighted by atomic mass is 16.6. The van der Waals surface area contributed by atoms with Gasteiger partial charge in [-0.05, 0) is 24.6 Å². The van der Waals surface area contributed by atoms with Gasteiger partial charge in [-0.3, -0.25) is 10.1 Å². The number of hydrogen-bond donors (Lipinski definition) is 0. The van der Waals surface area contributed by atoms with Crippen LogP contribution in [0.25, 0.3) is 0 Å². The average Bonchev–Trinajstić information content (AvgIpc) is 2.83. The Labute approximate surface area is 143 Å². The Bertz CT molecular complexity index is 822.